The first-order valence-corrected chi connectivity index (χ1v) is 7.63. The molecule has 124 valence electrons. The Morgan fingerprint density at radius 2 is 2.00 bits per heavy atom. The molecule has 3 aromatic rings. The number of nitrogens with one attached hydrogen (secondary N) is 1. The number of carbonyl (C=O) groups is 1. The van der Waals surface area contributed by atoms with Crippen molar-refractivity contribution in [1.82, 2.24) is 14.5 Å². The Balaban J connectivity index is 1.85. The third-order valence-electron chi connectivity index (χ3n) is 3.21. The smallest absolute Gasteiger partial charge is 0.298 e. The molecule has 1 amide bonds. The van der Waals surface area contributed by atoms with Crippen molar-refractivity contribution < 1.29 is 18.0 Å². The number of halogens is 3. The van der Waals surface area contributed by atoms with Crippen LogP contribution in [-0.4, -0.2) is 20.4 Å². The molecule has 24 heavy (non-hydrogen) atoms. The minimum absolute atomic E-state index is 0.0854. The number of carbonyl (C=O) groups excluding carboxylic acids is 1. The van der Waals surface area contributed by atoms with Crippen LogP contribution in [0.1, 0.15) is 22.6 Å². The predicted molar refractivity (Wildman–Crippen MR) is 83.7 cm³/mol. The first-order chi connectivity index (χ1) is 11.5. The van der Waals surface area contributed by atoms with Gasteiger partial charge in [-0.05, 0) is 31.2 Å². The molecule has 0 aliphatic rings. The molecule has 0 atom stereocenters. The lowest BCUT2D eigenvalue weighted by molar-refractivity contribution is 0.0720. The van der Waals surface area contributed by atoms with Gasteiger partial charge in [-0.1, -0.05) is 11.3 Å². The second kappa shape index (κ2) is 6.44. The van der Waals surface area contributed by atoms with Gasteiger partial charge >= 0.3 is 6.55 Å². The van der Waals surface area contributed by atoms with Crippen molar-refractivity contribution >= 4 is 22.4 Å². The highest BCUT2D eigenvalue weighted by Crippen LogP contribution is 2.33. The molecule has 0 spiro atoms. The Bertz CT molecular complexity index is 873. The van der Waals surface area contributed by atoms with Gasteiger partial charge in [0, 0.05) is 18.0 Å². The number of aromatic nitrogens is 3. The van der Waals surface area contributed by atoms with E-state index in [9.17, 15) is 18.0 Å². The molecule has 0 aliphatic carbocycles. The lowest BCUT2D eigenvalue weighted by Gasteiger charge is -2.04. The van der Waals surface area contributed by atoms with Crippen molar-refractivity contribution in [3.05, 3.63) is 53.7 Å². The molecule has 1 N–H and O–H groups in total. The van der Waals surface area contributed by atoms with Gasteiger partial charge in [-0.25, -0.2) is 14.4 Å². The van der Waals surface area contributed by atoms with Crippen LogP contribution in [-0.2, 0) is 0 Å². The Kier molecular flexibility index (Phi) is 4.34. The van der Waals surface area contributed by atoms with E-state index < -0.39 is 18.3 Å². The van der Waals surface area contributed by atoms with Gasteiger partial charge in [0.1, 0.15) is 5.82 Å². The van der Waals surface area contributed by atoms with Crippen LogP contribution in [0.5, 0.6) is 0 Å². The average Bonchev–Trinajstić information content (AvgIpc) is 3.14. The number of anilines is 1. The zero-order valence-corrected chi connectivity index (χ0v) is 13.1. The standard InChI is InChI=1S/C15H11F3N4OS/c1-8-11(12-19-6-7-22(12)14(17)18)24-15(20-8)21-13(23)9-2-4-10(16)5-3-9/h2-7,14H,1H3,(H,20,21,23). The van der Waals surface area contributed by atoms with E-state index in [1.54, 1.807) is 6.92 Å². The molecule has 3 rings (SSSR count). The molecule has 5 nitrogen and oxygen atoms in total. The molecule has 0 unspecified atom stereocenters. The molecule has 0 aliphatic heterocycles. The van der Waals surface area contributed by atoms with Gasteiger partial charge in [0.2, 0.25) is 0 Å². The molecule has 0 bridgehead atoms. The van der Waals surface area contributed by atoms with Gasteiger partial charge in [0.15, 0.2) is 11.0 Å². The van der Waals surface area contributed by atoms with E-state index in [0.29, 0.717) is 10.6 Å². The van der Waals surface area contributed by atoms with Crippen molar-refractivity contribution in [2.75, 3.05) is 5.32 Å². The lowest BCUT2D eigenvalue weighted by atomic mass is 10.2. The first kappa shape index (κ1) is 16.2. The van der Waals surface area contributed by atoms with Crippen LogP contribution in [0.3, 0.4) is 0 Å². The van der Waals surface area contributed by atoms with Crippen molar-refractivity contribution in [3.63, 3.8) is 0 Å². The quantitative estimate of drug-likeness (QED) is 0.769. The number of alkyl halides is 2. The third kappa shape index (κ3) is 3.16. The highest BCUT2D eigenvalue weighted by atomic mass is 32.1. The summed E-state index contributed by atoms with van der Waals surface area (Å²) in [4.78, 5) is 20.6. The number of hydrogen-bond donors (Lipinski definition) is 1. The maximum Gasteiger partial charge on any atom is 0.320 e. The number of nitrogens with zero attached hydrogens (tertiary/aromatic N) is 3. The maximum atomic E-state index is 13.0. The molecule has 2 aromatic heterocycles. The van der Waals surface area contributed by atoms with Crippen LogP contribution in [0.4, 0.5) is 18.3 Å². The number of hydrogen-bond acceptors (Lipinski definition) is 4. The summed E-state index contributed by atoms with van der Waals surface area (Å²) in [5.41, 5.74) is 0.738. The Morgan fingerprint density at radius 3 is 2.67 bits per heavy atom. The summed E-state index contributed by atoms with van der Waals surface area (Å²) >= 11 is 1.04. The maximum absolute atomic E-state index is 13.0. The molecule has 9 heteroatoms. The summed E-state index contributed by atoms with van der Waals surface area (Å²) < 4.78 is 39.5. The third-order valence-corrected chi connectivity index (χ3v) is 4.27. The number of amides is 1. The monoisotopic (exact) mass is 352 g/mol. The highest BCUT2D eigenvalue weighted by molar-refractivity contribution is 7.19. The van der Waals surface area contributed by atoms with Crippen LogP contribution in [0.2, 0.25) is 0 Å². The number of aryl methyl sites for hydroxylation is 1. The van der Waals surface area contributed by atoms with Crippen LogP contribution in [0.25, 0.3) is 10.7 Å². The fourth-order valence-corrected chi connectivity index (χ4v) is 3.04. The summed E-state index contributed by atoms with van der Waals surface area (Å²) in [6.45, 7) is -1.08. The molecule has 0 saturated carbocycles. The number of benzene rings is 1. The molecular formula is C15H11F3N4OS. The van der Waals surface area contributed by atoms with Crippen molar-refractivity contribution in [3.8, 4) is 10.7 Å². The zero-order chi connectivity index (χ0) is 17.3. The fourth-order valence-electron chi connectivity index (χ4n) is 2.07. The van der Waals surface area contributed by atoms with E-state index in [4.69, 9.17) is 0 Å². The normalized spacial score (nSPS) is 11.0. The minimum atomic E-state index is -2.72. The fraction of sp³-hybridized carbons (Fsp3) is 0.133. The van der Waals surface area contributed by atoms with Gasteiger partial charge in [-0.15, -0.1) is 0 Å². The van der Waals surface area contributed by atoms with Crippen LogP contribution >= 0.6 is 11.3 Å². The van der Waals surface area contributed by atoms with E-state index in [0.717, 1.165) is 15.9 Å². The van der Waals surface area contributed by atoms with Gasteiger partial charge in [-0.3, -0.25) is 14.7 Å². The van der Waals surface area contributed by atoms with Gasteiger partial charge in [0.25, 0.3) is 5.91 Å². The second-order valence-corrected chi connectivity index (χ2v) is 5.83. The van der Waals surface area contributed by atoms with Crippen LogP contribution < -0.4 is 5.32 Å². The lowest BCUT2D eigenvalue weighted by Crippen LogP contribution is -2.11. The second-order valence-electron chi connectivity index (χ2n) is 4.83. The van der Waals surface area contributed by atoms with Gasteiger partial charge in [-0.2, -0.15) is 8.78 Å². The number of imidazole rings is 1. The summed E-state index contributed by atoms with van der Waals surface area (Å²) in [5.74, 6) is -0.826. The predicted octanol–water partition coefficient (Wildman–Crippen LogP) is 4.10. The molecule has 0 radical (unpaired) electrons. The van der Waals surface area contributed by atoms with E-state index in [2.05, 4.69) is 15.3 Å². The SMILES string of the molecule is Cc1nc(NC(=O)c2ccc(F)cc2)sc1-c1nccn1C(F)F. The molecule has 2 heterocycles. The summed E-state index contributed by atoms with van der Waals surface area (Å²) in [7, 11) is 0. The summed E-state index contributed by atoms with van der Waals surface area (Å²) in [6.07, 6.45) is 2.45. The van der Waals surface area contributed by atoms with Gasteiger partial charge < -0.3 is 0 Å². The number of rotatable bonds is 4. The number of thiazole rings is 1. The first-order valence-electron chi connectivity index (χ1n) is 6.81. The minimum Gasteiger partial charge on any atom is -0.298 e. The van der Waals surface area contributed by atoms with Crippen molar-refractivity contribution in [2.45, 2.75) is 13.5 Å². The Morgan fingerprint density at radius 1 is 1.29 bits per heavy atom. The largest absolute Gasteiger partial charge is 0.320 e. The van der Waals surface area contributed by atoms with E-state index in [-0.39, 0.29) is 16.5 Å². The average molecular weight is 352 g/mol. The van der Waals surface area contributed by atoms with Crippen molar-refractivity contribution in [1.29, 1.82) is 0 Å². The summed E-state index contributed by atoms with van der Waals surface area (Å²) in [6, 6.07) is 5.03. The highest BCUT2D eigenvalue weighted by Gasteiger charge is 2.19. The van der Waals surface area contributed by atoms with E-state index >= 15 is 0 Å². The van der Waals surface area contributed by atoms with Crippen LogP contribution in [0, 0.1) is 12.7 Å². The van der Waals surface area contributed by atoms with E-state index in [1.807, 2.05) is 0 Å². The molecular weight excluding hydrogens is 341 g/mol. The van der Waals surface area contributed by atoms with E-state index in [1.165, 1.54) is 36.7 Å². The van der Waals surface area contributed by atoms with Gasteiger partial charge in [0.05, 0.1) is 10.6 Å². The molecule has 0 saturated heterocycles. The molecule has 1 aromatic carbocycles. The van der Waals surface area contributed by atoms with Crippen molar-refractivity contribution in [2.24, 2.45) is 0 Å². The Labute approximate surface area is 138 Å². The molecule has 0 fully saturated rings. The summed E-state index contributed by atoms with van der Waals surface area (Å²) in [5, 5.41) is 2.82. The zero-order valence-electron chi connectivity index (χ0n) is 12.3. The topological polar surface area (TPSA) is 59.8 Å². The Hall–Kier alpha value is -2.68. The van der Waals surface area contributed by atoms with Crippen LogP contribution in [0.15, 0.2) is 36.7 Å².